The summed E-state index contributed by atoms with van der Waals surface area (Å²) >= 11 is 18.8. The number of likely N-dealkylation sites (tertiary alicyclic amines) is 1. The summed E-state index contributed by atoms with van der Waals surface area (Å²) in [6.07, 6.45) is 5.18. The highest BCUT2D eigenvalue weighted by molar-refractivity contribution is 6.32. The fourth-order valence-electron chi connectivity index (χ4n) is 5.35. The summed E-state index contributed by atoms with van der Waals surface area (Å²) in [6.45, 7) is 2.06. The number of nitrogens with one attached hydrogen (secondary N) is 2. The maximum Gasteiger partial charge on any atom is 0.224 e. The molecule has 1 amide bonds. The number of imidazole rings is 1. The van der Waals surface area contributed by atoms with Gasteiger partial charge in [-0.2, -0.15) is 0 Å². The second-order valence-electron chi connectivity index (χ2n) is 10.2. The van der Waals surface area contributed by atoms with Gasteiger partial charge in [-0.3, -0.25) is 14.6 Å². The highest BCUT2D eigenvalue weighted by atomic mass is 35.5. The van der Waals surface area contributed by atoms with Crippen LogP contribution in [0.15, 0.2) is 58.8 Å². The molecule has 0 saturated carbocycles. The maximum absolute atomic E-state index is 11.7. The van der Waals surface area contributed by atoms with Crippen LogP contribution < -0.4 is 21.9 Å². The minimum atomic E-state index is -0.150. The number of benzene rings is 2. The largest absolute Gasteiger partial charge is 0.388 e. The van der Waals surface area contributed by atoms with Crippen molar-refractivity contribution >= 4 is 69.9 Å². The van der Waals surface area contributed by atoms with Gasteiger partial charge in [-0.15, -0.1) is 0 Å². The third kappa shape index (κ3) is 6.03. The molecular weight excluding hydrogens is 599 g/mol. The lowest BCUT2D eigenvalue weighted by molar-refractivity contribution is -0.116. The molecule has 2 aliphatic rings. The average Bonchev–Trinajstić information content (AvgIpc) is 3.46. The van der Waals surface area contributed by atoms with Gasteiger partial charge in [0.05, 0.1) is 23.6 Å². The van der Waals surface area contributed by atoms with Crippen LogP contribution in [0, 0.1) is 5.92 Å². The normalized spacial score (nSPS) is 20.1. The van der Waals surface area contributed by atoms with Crippen molar-refractivity contribution in [2.75, 3.05) is 17.4 Å². The lowest BCUT2D eigenvalue weighted by atomic mass is 9.99. The fraction of sp³-hybridized carbons (Fsp3) is 0.241. The minimum Gasteiger partial charge on any atom is -0.388 e. The second kappa shape index (κ2) is 12.2. The van der Waals surface area contributed by atoms with Crippen LogP contribution in [-0.4, -0.2) is 39.9 Å². The summed E-state index contributed by atoms with van der Waals surface area (Å²) in [5.74, 6) is 7.65. The summed E-state index contributed by atoms with van der Waals surface area (Å²) < 4.78 is 0. The Morgan fingerprint density at radius 2 is 2.00 bits per heavy atom. The summed E-state index contributed by atoms with van der Waals surface area (Å²) in [4.78, 5) is 38.5. The van der Waals surface area contributed by atoms with E-state index in [0.29, 0.717) is 64.2 Å². The number of nitrogens with two attached hydrogens (primary N) is 2. The number of hydrogen-bond donors (Lipinski definition) is 4. The van der Waals surface area contributed by atoms with Crippen LogP contribution in [0.5, 0.6) is 0 Å². The quantitative estimate of drug-likeness (QED) is 0.0877. The summed E-state index contributed by atoms with van der Waals surface area (Å²) in [5, 5.41) is 5.00. The smallest absolute Gasteiger partial charge is 0.224 e. The Hall–Kier alpha value is -3.83. The van der Waals surface area contributed by atoms with Crippen molar-refractivity contribution in [1.82, 2.24) is 14.9 Å². The van der Waals surface area contributed by atoms with Gasteiger partial charge in [-0.25, -0.2) is 15.8 Å². The summed E-state index contributed by atoms with van der Waals surface area (Å²) in [5.41, 5.74) is 10.4. The zero-order chi connectivity index (χ0) is 30.1. The number of hydrogen-bond acceptors (Lipinski definition) is 7. The van der Waals surface area contributed by atoms with Crippen LogP contribution in [0.3, 0.4) is 0 Å². The standard InChI is InChI=1S/C29H29Cl3N8O2/c1-15-11-23(28-37-26(27(32)38-28)17-3-6-20-16(12-17)4-8-25(42)35-20)39(2)29(15)36-21(9-10-41)19-13-18(30)5-7-22(19)40(34)14-24(31)33/h3,5-7,9-10,12-15,23H,4,8,11,33-34H2,1-2H3,(H,35,42)(H,37,38)/b21-9-,24-14-,36-29?/t15-,23?/m1/s1. The molecule has 13 heteroatoms. The highest BCUT2D eigenvalue weighted by Crippen LogP contribution is 2.39. The average molecular weight is 628 g/mol. The topological polar surface area (TPSA) is 146 Å². The van der Waals surface area contributed by atoms with Gasteiger partial charge >= 0.3 is 0 Å². The number of nitrogens with zero attached hydrogens (tertiary/aromatic N) is 4. The number of carbonyl (C=O) groups is 2. The first kappa shape index (κ1) is 29.7. The number of rotatable bonds is 7. The Morgan fingerprint density at radius 3 is 2.74 bits per heavy atom. The lowest BCUT2D eigenvalue weighted by Crippen LogP contribution is -2.27. The molecule has 1 fully saturated rings. The Bertz CT molecular complexity index is 1640. The third-order valence-electron chi connectivity index (χ3n) is 7.35. The van der Waals surface area contributed by atoms with Crippen LogP contribution >= 0.6 is 34.8 Å². The molecule has 1 unspecified atom stereocenters. The van der Waals surface area contributed by atoms with E-state index in [9.17, 15) is 9.59 Å². The van der Waals surface area contributed by atoms with Gasteiger partial charge in [-0.05, 0) is 48.7 Å². The number of aromatic amines is 1. The molecule has 1 saturated heterocycles. The molecule has 1 aromatic heterocycles. The number of allylic oxidation sites excluding steroid dienone is 1. The van der Waals surface area contributed by atoms with Gasteiger partial charge in [0.25, 0.3) is 0 Å². The van der Waals surface area contributed by atoms with E-state index in [1.165, 1.54) is 17.3 Å². The van der Waals surface area contributed by atoms with E-state index in [2.05, 4.69) is 17.2 Å². The summed E-state index contributed by atoms with van der Waals surface area (Å²) in [7, 11) is 1.92. The van der Waals surface area contributed by atoms with Gasteiger partial charge in [0.15, 0.2) is 0 Å². The number of amides is 1. The number of halogens is 3. The van der Waals surface area contributed by atoms with Crippen molar-refractivity contribution in [1.29, 1.82) is 0 Å². The van der Waals surface area contributed by atoms with Gasteiger partial charge in [0.1, 0.15) is 33.9 Å². The number of carbonyl (C=O) groups excluding carboxylic acids is 2. The molecule has 218 valence electrons. The Morgan fingerprint density at radius 1 is 1.21 bits per heavy atom. The first-order valence-corrected chi connectivity index (χ1v) is 14.3. The molecule has 2 aliphatic heterocycles. The van der Waals surface area contributed by atoms with Crippen LogP contribution in [0.2, 0.25) is 10.2 Å². The molecule has 42 heavy (non-hydrogen) atoms. The van der Waals surface area contributed by atoms with Crippen molar-refractivity contribution in [2.24, 2.45) is 22.5 Å². The highest BCUT2D eigenvalue weighted by Gasteiger charge is 2.36. The Kier molecular flexibility index (Phi) is 8.60. The van der Waals surface area contributed by atoms with E-state index >= 15 is 0 Å². The number of aromatic nitrogens is 2. The van der Waals surface area contributed by atoms with Crippen LogP contribution in [0.1, 0.15) is 42.8 Å². The predicted molar refractivity (Wildman–Crippen MR) is 168 cm³/mol. The van der Waals surface area contributed by atoms with E-state index in [1.54, 1.807) is 18.2 Å². The molecule has 3 heterocycles. The molecule has 6 N–H and O–H groups in total. The van der Waals surface area contributed by atoms with Gasteiger partial charge in [-0.1, -0.05) is 47.8 Å². The molecule has 3 aromatic rings. The van der Waals surface area contributed by atoms with Crippen molar-refractivity contribution in [3.63, 3.8) is 0 Å². The zero-order valence-corrected chi connectivity index (χ0v) is 25.1. The Balaban J connectivity index is 1.47. The zero-order valence-electron chi connectivity index (χ0n) is 22.9. The number of aldehydes is 1. The third-order valence-corrected chi connectivity index (χ3v) is 7.96. The van der Waals surface area contributed by atoms with Crippen LogP contribution in [0.4, 0.5) is 11.4 Å². The van der Waals surface area contributed by atoms with E-state index < -0.39 is 0 Å². The molecular formula is C29H29Cl3N8O2. The molecule has 2 aromatic carbocycles. The number of anilines is 2. The number of hydrazine groups is 1. The van der Waals surface area contributed by atoms with E-state index in [-0.39, 0.29) is 23.0 Å². The van der Waals surface area contributed by atoms with Crippen molar-refractivity contribution in [3.05, 3.63) is 81.0 Å². The predicted octanol–water partition coefficient (Wildman–Crippen LogP) is 5.60. The van der Waals surface area contributed by atoms with Crippen LogP contribution in [0.25, 0.3) is 17.0 Å². The SMILES string of the molecule is C[C@@H]1CC(c2nc(-c3ccc4c(c3)CCC(=O)N4)c(Cl)[nH]2)N(C)C1=N/C(=C\C=O)c1cc(Cl)ccc1N(N)/C=C(\N)Cl. The molecule has 5 rings (SSSR count). The number of amidine groups is 1. The second-order valence-corrected chi connectivity index (χ2v) is 11.5. The summed E-state index contributed by atoms with van der Waals surface area (Å²) in [6, 6.07) is 10.7. The van der Waals surface area contributed by atoms with E-state index in [1.807, 2.05) is 30.1 Å². The van der Waals surface area contributed by atoms with E-state index in [0.717, 1.165) is 22.6 Å². The molecule has 0 aliphatic carbocycles. The minimum absolute atomic E-state index is 0.0149. The molecule has 0 bridgehead atoms. The van der Waals surface area contributed by atoms with Gasteiger partial charge in [0.2, 0.25) is 5.91 Å². The monoisotopic (exact) mass is 626 g/mol. The number of aryl methyl sites for hydroxylation is 1. The molecule has 0 spiro atoms. The molecule has 2 atom stereocenters. The number of fused-ring (bicyclic) bond motifs is 1. The molecule has 0 radical (unpaired) electrons. The van der Waals surface area contributed by atoms with Crippen LogP contribution in [-0.2, 0) is 16.0 Å². The Labute approximate surface area is 258 Å². The number of aliphatic imine (C=N–C) groups is 1. The van der Waals surface area contributed by atoms with Crippen molar-refractivity contribution in [2.45, 2.75) is 32.2 Å². The van der Waals surface area contributed by atoms with E-state index in [4.69, 9.17) is 56.4 Å². The first-order valence-electron chi connectivity index (χ1n) is 13.2. The lowest BCUT2D eigenvalue weighted by Gasteiger charge is -2.22. The van der Waals surface area contributed by atoms with Crippen molar-refractivity contribution < 1.29 is 9.59 Å². The van der Waals surface area contributed by atoms with Crippen molar-refractivity contribution in [3.8, 4) is 11.3 Å². The van der Waals surface area contributed by atoms with Gasteiger partial charge in [0, 0.05) is 47.3 Å². The maximum atomic E-state index is 11.7. The first-order chi connectivity index (χ1) is 20.0. The fourth-order valence-corrected chi connectivity index (χ4v) is 5.88. The number of H-pyrrole nitrogens is 1. The van der Waals surface area contributed by atoms with Gasteiger partial charge < -0.3 is 20.9 Å². The molecule has 10 nitrogen and oxygen atoms in total.